The van der Waals surface area contributed by atoms with Crippen LogP contribution in [-0.4, -0.2) is 54.9 Å². The Morgan fingerprint density at radius 2 is 2.00 bits per heavy atom. The molecule has 1 aromatic heterocycles. The van der Waals surface area contributed by atoms with E-state index in [9.17, 15) is 4.79 Å². The summed E-state index contributed by atoms with van der Waals surface area (Å²) in [6.45, 7) is 2.83. The summed E-state index contributed by atoms with van der Waals surface area (Å²) in [6, 6.07) is 3.55. The van der Waals surface area contributed by atoms with Crippen molar-refractivity contribution in [2.75, 3.05) is 34.2 Å². The predicted molar refractivity (Wildman–Crippen MR) is 67.6 cm³/mol. The average molecular weight is 236 g/mol. The Kier molecular flexibility index (Phi) is 5.06. The summed E-state index contributed by atoms with van der Waals surface area (Å²) in [7, 11) is 6.17. The zero-order valence-corrected chi connectivity index (χ0v) is 10.7. The van der Waals surface area contributed by atoms with Crippen LogP contribution in [0.2, 0.25) is 0 Å². The van der Waals surface area contributed by atoms with Gasteiger partial charge in [0.1, 0.15) is 5.69 Å². The van der Waals surface area contributed by atoms with Gasteiger partial charge in [0.2, 0.25) is 0 Å². The van der Waals surface area contributed by atoms with Crippen LogP contribution in [-0.2, 0) is 6.54 Å². The molecule has 0 unspecified atom stereocenters. The number of pyridine rings is 1. The van der Waals surface area contributed by atoms with E-state index in [1.165, 1.54) is 0 Å². The van der Waals surface area contributed by atoms with E-state index in [4.69, 9.17) is 5.73 Å². The zero-order valence-electron chi connectivity index (χ0n) is 10.7. The van der Waals surface area contributed by atoms with Gasteiger partial charge in [0.05, 0.1) is 0 Å². The minimum Gasteiger partial charge on any atom is -0.364 e. The van der Waals surface area contributed by atoms with Crippen LogP contribution in [0, 0.1) is 0 Å². The molecule has 1 aromatic rings. The summed E-state index contributed by atoms with van der Waals surface area (Å²) in [4.78, 5) is 19.2. The number of nitrogens with zero attached hydrogens (tertiary/aromatic N) is 3. The Balaban J connectivity index is 2.48. The maximum atomic E-state index is 10.9. The quantitative estimate of drug-likeness (QED) is 0.765. The fraction of sp³-hybridized carbons (Fsp3) is 0.500. The lowest BCUT2D eigenvalue weighted by atomic mass is 10.2. The molecule has 0 aliphatic rings. The number of primary amides is 1. The Labute approximate surface area is 102 Å². The molecule has 1 rings (SSSR count). The summed E-state index contributed by atoms with van der Waals surface area (Å²) in [6.07, 6.45) is 1.70. The number of likely N-dealkylation sites (N-methyl/N-ethyl adjacent to an activating group) is 2. The number of carbonyl (C=O) groups excluding carboxylic acids is 1. The molecule has 17 heavy (non-hydrogen) atoms. The number of hydrogen-bond acceptors (Lipinski definition) is 4. The zero-order chi connectivity index (χ0) is 12.8. The van der Waals surface area contributed by atoms with Crippen molar-refractivity contribution in [3.8, 4) is 0 Å². The van der Waals surface area contributed by atoms with Crippen LogP contribution >= 0.6 is 0 Å². The fourth-order valence-corrected chi connectivity index (χ4v) is 1.43. The summed E-state index contributed by atoms with van der Waals surface area (Å²) < 4.78 is 0. The standard InChI is InChI=1S/C12H20N4O/c1-15(2)6-7-16(3)9-10-4-5-11(12(13)17)14-8-10/h4-5,8H,6-7,9H2,1-3H3,(H2,13,17). The second kappa shape index (κ2) is 6.32. The van der Waals surface area contributed by atoms with Gasteiger partial charge < -0.3 is 15.5 Å². The smallest absolute Gasteiger partial charge is 0.267 e. The van der Waals surface area contributed by atoms with E-state index in [2.05, 4.69) is 35.9 Å². The molecule has 94 valence electrons. The second-order valence-corrected chi connectivity index (χ2v) is 4.46. The molecule has 1 heterocycles. The van der Waals surface area contributed by atoms with Crippen molar-refractivity contribution in [2.45, 2.75) is 6.54 Å². The SMILES string of the molecule is CN(C)CCN(C)Cc1ccc(C(N)=O)nc1. The minimum atomic E-state index is -0.488. The van der Waals surface area contributed by atoms with Gasteiger partial charge in [-0.15, -0.1) is 0 Å². The molecular formula is C12H20N4O. The molecule has 0 saturated carbocycles. The molecule has 0 aliphatic carbocycles. The van der Waals surface area contributed by atoms with Gasteiger partial charge >= 0.3 is 0 Å². The van der Waals surface area contributed by atoms with Crippen LogP contribution in [0.25, 0.3) is 0 Å². The van der Waals surface area contributed by atoms with Crippen LogP contribution in [0.3, 0.4) is 0 Å². The van der Waals surface area contributed by atoms with Crippen LogP contribution in [0.5, 0.6) is 0 Å². The van der Waals surface area contributed by atoms with Gasteiger partial charge in [0.15, 0.2) is 0 Å². The summed E-state index contributed by atoms with van der Waals surface area (Å²) in [5.41, 5.74) is 6.52. The first-order chi connectivity index (χ1) is 7.99. The van der Waals surface area contributed by atoms with Gasteiger partial charge in [-0.05, 0) is 32.8 Å². The van der Waals surface area contributed by atoms with E-state index < -0.39 is 5.91 Å². The monoisotopic (exact) mass is 236 g/mol. The fourth-order valence-electron chi connectivity index (χ4n) is 1.43. The van der Waals surface area contributed by atoms with Crippen LogP contribution in [0.4, 0.5) is 0 Å². The first kappa shape index (κ1) is 13.6. The average Bonchev–Trinajstić information content (AvgIpc) is 2.27. The van der Waals surface area contributed by atoms with Crippen molar-refractivity contribution >= 4 is 5.91 Å². The molecule has 1 amide bonds. The van der Waals surface area contributed by atoms with Crippen molar-refractivity contribution in [3.63, 3.8) is 0 Å². The lowest BCUT2D eigenvalue weighted by Crippen LogP contribution is -2.28. The normalized spacial score (nSPS) is 11.1. The summed E-state index contributed by atoms with van der Waals surface area (Å²) in [5.74, 6) is -0.488. The summed E-state index contributed by atoms with van der Waals surface area (Å²) in [5, 5.41) is 0. The molecule has 0 atom stereocenters. The highest BCUT2D eigenvalue weighted by Crippen LogP contribution is 2.03. The van der Waals surface area contributed by atoms with E-state index in [1.807, 2.05) is 6.07 Å². The highest BCUT2D eigenvalue weighted by Gasteiger charge is 2.04. The second-order valence-electron chi connectivity index (χ2n) is 4.46. The number of nitrogens with two attached hydrogens (primary N) is 1. The molecule has 0 aromatic carbocycles. The van der Waals surface area contributed by atoms with E-state index in [1.54, 1.807) is 12.3 Å². The van der Waals surface area contributed by atoms with Crippen molar-refractivity contribution in [3.05, 3.63) is 29.6 Å². The van der Waals surface area contributed by atoms with Gasteiger partial charge in [-0.3, -0.25) is 9.78 Å². The predicted octanol–water partition coefficient (Wildman–Crippen LogP) is 0.174. The number of hydrogen-bond donors (Lipinski definition) is 1. The maximum Gasteiger partial charge on any atom is 0.267 e. The number of carbonyl (C=O) groups is 1. The first-order valence-electron chi connectivity index (χ1n) is 5.57. The largest absolute Gasteiger partial charge is 0.364 e. The van der Waals surface area contributed by atoms with Crippen molar-refractivity contribution < 1.29 is 4.79 Å². The number of amides is 1. The molecule has 0 saturated heterocycles. The molecule has 0 aliphatic heterocycles. The highest BCUT2D eigenvalue weighted by molar-refractivity contribution is 5.90. The van der Waals surface area contributed by atoms with Crippen molar-refractivity contribution in [2.24, 2.45) is 5.73 Å². The summed E-state index contributed by atoms with van der Waals surface area (Å²) >= 11 is 0. The first-order valence-corrected chi connectivity index (χ1v) is 5.57. The molecule has 0 bridgehead atoms. The van der Waals surface area contributed by atoms with Crippen LogP contribution in [0.15, 0.2) is 18.3 Å². The molecule has 5 heteroatoms. The van der Waals surface area contributed by atoms with Crippen molar-refractivity contribution in [1.82, 2.24) is 14.8 Å². The van der Waals surface area contributed by atoms with E-state index >= 15 is 0 Å². The van der Waals surface area contributed by atoms with Gasteiger partial charge in [0.25, 0.3) is 5.91 Å². The van der Waals surface area contributed by atoms with E-state index in [0.29, 0.717) is 5.69 Å². The third-order valence-electron chi connectivity index (χ3n) is 2.46. The maximum absolute atomic E-state index is 10.9. The van der Waals surface area contributed by atoms with Crippen LogP contribution < -0.4 is 5.73 Å². The topological polar surface area (TPSA) is 62.5 Å². The molecule has 2 N–H and O–H groups in total. The third-order valence-corrected chi connectivity index (χ3v) is 2.46. The molecule has 5 nitrogen and oxygen atoms in total. The Morgan fingerprint density at radius 3 is 2.47 bits per heavy atom. The lowest BCUT2D eigenvalue weighted by molar-refractivity contribution is 0.0995. The Morgan fingerprint density at radius 1 is 1.29 bits per heavy atom. The van der Waals surface area contributed by atoms with E-state index in [-0.39, 0.29) is 0 Å². The molecular weight excluding hydrogens is 216 g/mol. The highest BCUT2D eigenvalue weighted by atomic mass is 16.1. The third kappa shape index (κ3) is 4.93. The van der Waals surface area contributed by atoms with Crippen LogP contribution in [0.1, 0.15) is 16.1 Å². The Bertz CT molecular complexity index is 361. The van der Waals surface area contributed by atoms with Gasteiger partial charge in [-0.25, -0.2) is 0 Å². The number of aromatic nitrogens is 1. The van der Waals surface area contributed by atoms with Crippen molar-refractivity contribution in [1.29, 1.82) is 0 Å². The molecule has 0 fully saturated rings. The number of rotatable bonds is 6. The Hall–Kier alpha value is -1.46. The van der Waals surface area contributed by atoms with Gasteiger partial charge in [0, 0.05) is 25.8 Å². The van der Waals surface area contributed by atoms with E-state index in [0.717, 1.165) is 25.2 Å². The minimum absolute atomic E-state index is 0.310. The molecule has 0 spiro atoms. The van der Waals surface area contributed by atoms with Gasteiger partial charge in [-0.2, -0.15) is 0 Å². The molecule has 0 radical (unpaired) electrons. The lowest BCUT2D eigenvalue weighted by Gasteiger charge is -2.19. The van der Waals surface area contributed by atoms with Gasteiger partial charge in [-0.1, -0.05) is 6.07 Å².